The SMILES string of the molecule is CC1(C)OC[C@@H]([C@H]2O[C@@H]3OCO[C@@H]3[C@@H]2OS(=O)(=O)Cc2ccccc2)O1. The summed E-state index contributed by atoms with van der Waals surface area (Å²) in [6.07, 6.45) is -3.31. The Hall–Kier alpha value is -1.07. The van der Waals surface area contributed by atoms with Crippen molar-refractivity contribution in [2.24, 2.45) is 0 Å². The van der Waals surface area contributed by atoms with Crippen LogP contribution in [0.4, 0.5) is 0 Å². The Balaban J connectivity index is 1.51. The van der Waals surface area contributed by atoms with Gasteiger partial charge in [-0.3, -0.25) is 4.18 Å². The van der Waals surface area contributed by atoms with Gasteiger partial charge in [0.05, 0.1) is 6.61 Å². The minimum absolute atomic E-state index is 0.0359. The van der Waals surface area contributed by atoms with E-state index in [2.05, 4.69) is 0 Å². The van der Waals surface area contributed by atoms with Gasteiger partial charge in [0, 0.05) is 0 Å². The second-order valence-corrected chi connectivity index (χ2v) is 8.60. The molecule has 8 nitrogen and oxygen atoms in total. The summed E-state index contributed by atoms with van der Waals surface area (Å²) < 4.78 is 58.8. The van der Waals surface area contributed by atoms with E-state index in [0.29, 0.717) is 5.56 Å². The molecule has 3 saturated heterocycles. The monoisotopic (exact) mass is 386 g/mol. The maximum absolute atomic E-state index is 12.6. The highest BCUT2D eigenvalue weighted by molar-refractivity contribution is 7.85. The summed E-state index contributed by atoms with van der Waals surface area (Å²) in [6, 6.07) is 8.85. The van der Waals surface area contributed by atoms with Crippen LogP contribution in [0.15, 0.2) is 30.3 Å². The zero-order valence-corrected chi connectivity index (χ0v) is 15.4. The Kier molecular flexibility index (Phi) is 4.81. The van der Waals surface area contributed by atoms with Gasteiger partial charge in [-0.2, -0.15) is 8.42 Å². The predicted molar refractivity (Wildman–Crippen MR) is 88.3 cm³/mol. The van der Waals surface area contributed by atoms with Crippen molar-refractivity contribution >= 4 is 10.1 Å². The number of benzene rings is 1. The lowest BCUT2D eigenvalue weighted by atomic mass is 10.1. The lowest BCUT2D eigenvalue weighted by molar-refractivity contribution is -0.183. The molecule has 5 atom stereocenters. The van der Waals surface area contributed by atoms with Crippen LogP contribution in [-0.4, -0.2) is 58.3 Å². The first-order chi connectivity index (χ1) is 12.3. The average molecular weight is 386 g/mol. The summed E-state index contributed by atoms with van der Waals surface area (Å²) in [7, 11) is -3.86. The van der Waals surface area contributed by atoms with Gasteiger partial charge in [0.25, 0.3) is 10.1 Å². The number of hydrogen-bond acceptors (Lipinski definition) is 8. The minimum atomic E-state index is -3.86. The Morgan fingerprint density at radius 1 is 1.15 bits per heavy atom. The lowest BCUT2D eigenvalue weighted by Crippen LogP contribution is -2.44. The minimum Gasteiger partial charge on any atom is -0.348 e. The lowest BCUT2D eigenvalue weighted by Gasteiger charge is -2.26. The molecule has 9 heteroatoms. The van der Waals surface area contributed by atoms with Gasteiger partial charge in [-0.15, -0.1) is 0 Å². The van der Waals surface area contributed by atoms with Gasteiger partial charge < -0.3 is 23.7 Å². The van der Waals surface area contributed by atoms with E-state index in [9.17, 15) is 8.42 Å². The quantitative estimate of drug-likeness (QED) is 0.697. The van der Waals surface area contributed by atoms with Crippen molar-refractivity contribution < 1.29 is 36.3 Å². The van der Waals surface area contributed by atoms with E-state index in [0.717, 1.165) is 0 Å². The van der Waals surface area contributed by atoms with Crippen LogP contribution in [-0.2, 0) is 43.7 Å². The molecule has 3 fully saturated rings. The van der Waals surface area contributed by atoms with Crippen molar-refractivity contribution in [2.45, 2.75) is 56.1 Å². The number of ether oxygens (including phenoxy) is 5. The summed E-state index contributed by atoms with van der Waals surface area (Å²) in [5.74, 6) is -0.996. The van der Waals surface area contributed by atoms with Crippen LogP contribution in [0.25, 0.3) is 0 Å². The van der Waals surface area contributed by atoms with Crippen molar-refractivity contribution in [3.8, 4) is 0 Å². The smallest absolute Gasteiger partial charge is 0.271 e. The Morgan fingerprint density at radius 2 is 1.92 bits per heavy atom. The predicted octanol–water partition coefficient (Wildman–Crippen LogP) is 1.15. The molecule has 144 valence electrons. The molecule has 0 spiro atoms. The molecule has 26 heavy (non-hydrogen) atoms. The molecule has 0 unspecified atom stereocenters. The van der Waals surface area contributed by atoms with E-state index in [1.807, 2.05) is 6.07 Å². The molecule has 1 aromatic carbocycles. The third kappa shape index (κ3) is 3.79. The first kappa shape index (κ1) is 18.3. The molecule has 3 heterocycles. The number of fused-ring (bicyclic) bond motifs is 1. The molecule has 0 saturated carbocycles. The summed E-state index contributed by atoms with van der Waals surface area (Å²) in [5.41, 5.74) is 0.643. The highest BCUT2D eigenvalue weighted by Gasteiger charge is 2.56. The van der Waals surface area contributed by atoms with Crippen LogP contribution in [0.3, 0.4) is 0 Å². The number of rotatable bonds is 5. The van der Waals surface area contributed by atoms with Gasteiger partial charge in [0.2, 0.25) is 0 Å². The molecule has 1 aromatic rings. The molecule has 0 amide bonds. The Bertz CT molecular complexity index is 734. The van der Waals surface area contributed by atoms with E-state index in [-0.39, 0.29) is 19.2 Å². The maximum atomic E-state index is 12.6. The van der Waals surface area contributed by atoms with E-state index >= 15 is 0 Å². The van der Waals surface area contributed by atoms with Crippen LogP contribution in [0.1, 0.15) is 19.4 Å². The Labute approximate surface area is 152 Å². The molecule has 0 aromatic heterocycles. The normalized spacial score (nSPS) is 36.3. The molecule has 3 aliphatic rings. The zero-order chi connectivity index (χ0) is 18.4. The van der Waals surface area contributed by atoms with Crippen LogP contribution >= 0.6 is 0 Å². The molecule has 0 N–H and O–H groups in total. The van der Waals surface area contributed by atoms with E-state index < -0.39 is 46.6 Å². The van der Waals surface area contributed by atoms with Gasteiger partial charge in [-0.25, -0.2) is 0 Å². The second kappa shape index (κ2) is 6.83. The second-order valence-electron chi connectivity index (χ2n) is 7.00. The highest BCUT2D eigenvalue weighted by Crippen LogP contribution is 2.38. The third-order valence-electron chi connectivity index (χ3n) is 4.54. The van der Waals surface area contributed by atoms with Crippen molar-refractivity contribution in [3.05, 3.63) is 35.9 Å². The summed E-state index contributed by atoms with van der Waals surface area (Å²) in [4.78, 5) is 0. The molecule has 0 radical (unpaired) electrons. The third-order valence-corrected chi connectivity index (χ3v) is 5.74. The van der Waals surface area contributed by atoms with E-state index in [1.54, 1.807) is 38.1 Å². The maximum Gasteiger partial charge on any atom is 0.271 e. The number of hydrogen-bond donors (Lipinski definition) is 0. The molecule has 4 rings (SSSR count). The van der Waals surface area contributed by atoms with Crippen molar-refractivity contribution in [1.82, 2.24) is 0 Å². The topological polar surface area (TPSA) is 89.5 Å². The summed E-state index contributed by atoms with van der Waals surface area (Å²) in [6.45, 7) is 3.89. The zero-order valence-electron chi connectivity index (χ0n) is 14.6. The van der Waals surface area contributed by atoms with Crippen molar-refractivity contribution in [3.63, 3.8) is 0 Å². The average Bonchev–Trinajstić information content (AvgIpc) is 3.23. The molecular weight excluding hydrogens is 364 g/mol. The fourth-order valence-corrected chi connectivity index (χ4v) is 4.64. The summed E-state index contributed by atoms with van der Waals surface area (Å²) in [5, 5.41) is 0. The molecule has 3 aliphatic heterocycles. The Morgan fingerprint density at radius 3 is 2.62 bits per heavy atom. The van der Waals surface area contributed by atoms with Gasteiger partial charge >= 0.3 is 0 Å². The summed E-state index contributed by atoms with van der Waals surface area (Å²) >= 11 is 0. The van der Waals surface area contributed by atoms with E-state index in [1.165, 1.54) is 0 Å². The van der Waals surface area contributed by atoms with E-state index in [4.69, 9.17) is 27.9 Å². The molecule has 0 aliphatic carbocycles. The largest absolute Gasteiger partial charge is 0.348 e. The highest BCUT2D eigenvalue weighted by atomic mass is 32.2. The van der Waals surface area contributed by atoms with Gasteiger partial charge in [0.1, 0.15) is 30.2 Å². The van der Waals surface area contributed by atoms with Crippen LogP contribution in [0.5, 0.6) is 0 Å². The van der Waals surface area contributed by atoms with Crippen molar-refractivity contribution in [2.75, 3.05) is 13.4 Å². The first-order valence-corrected chi connectivity index (χ1v) is 10.1. The van der Waals surface area contributed by atoms with Gasteiger partial charge in [0.15, 0.2) is 18.9 Å². The molecular formula is C17H22O8S. The molecule has 0 bridgehead atoms. The fraction of sp³-hybridized carbons (Fsp3) is 0.647. The fourth-order valence-electron chi connectivity index (χ4n) is 3.41. The van der Waals surface area contributed by atoms with Gasteiger partial charge in [-0.05, 0) is 19.4 Å². The van der Waals surface area contributed by atoms with Crippen LogP contribution in [0, 0.1) is 0 Å². The first-order valence-electron chi connectivity index (χ1n) is 8.48. The van der Waals surface area contributed by atoms with Crippen LogP contribution in [0.2, 0.25) is 0 Å². The van der Waals surface area contributed by atoms with Crippen LogP contribution < -0.4 is 0 Å². The standard InChI is InChI=1S/C17H22O8S/c1-17(2)22-8-12(24-17)13-14(15-16(23-13)21-10-20-15)25-26(18,19)9-11-6-4-3-5-7-11/h3-7,12-16H,8-10H2,1-2H3/t12-,13+,14+,15+,16-/m0/s1. The van der Waals surface area contributed by atoms with Gasteiger partial charge in [-0.1, -0.05) is 30.3 Å². The van der Waals surface area contributed by atoms with Crippen molar-refractivity contribution in [1.29, 1.82) is 0 Å².